The van der Waals surface area contributed by atoms with E-state index < -0.39 is 5.41 Å². The molecule has 1 aliphatic carbocycles. The molecule has 28 heavy (non-hydrogen) atoms. The monoisotopic (exact) mass is 379 g/mol. The second-order valence-corrected chi connectivity index (χ2v) is 7.85. The lowest BCUT2D eigenvalue weighted by Crippen LogP contribution is -2.43. The van der Waals surface area contributed by atoms with Crippen LogP contribution in [0.25, 0.3) is 0 Å². The van der Waals surface area contributed by atoms with E-state index in [1.54, 1.807) is 0 Å². The smallest absolute Gasteiger partial charge is 0.232 e. The highest BCUT2D eigenvalue weighted by Crippen LogP contribution is 2.43. The van der Waals surface area contributed by atoms with Gasteiger partial charge in [-0.25, -0.2) is 0 Å². The van der Waals surface area contributed by atoms with Crippen molar-refractivity contribution in [1.82, 2.24) is 0 Å². The number of nitrogens with two attached hydrogens (primary N) is 1. The van der Waals surface area contributed by atoms with Crippen molar-refractivity contribution < 1.29 is 14.3 Å². The average molecular weight is 380 g/mol. The van der Waals surface area contributed by atoms with Gasteiger partial charge >= 0.3 is 0 Å². The Morgan fingerprint density at radius 2 is 1.68 bits per heavy atom. The zero-order valence-electron chi connectivity index (χ0n) is 16.4. The van der Waals surface area contributed by atoms with E-state index >= 15 is 0 Å². The highest BCUT2D eigenvalue weighted by atomic mass is 16.7. The number of carbonyl (C=O) groups is 1. The van der Waals surface area contributed by atoms with Crippen LogP contribution in [0, 0.1) is 0 Å². The van der Waals surface area contributed by atoms with Gasteiger partial charge in [-0.05, 0) is 67.2 Å². The summed E-state index contributed by atoms with van der Waals surface area (Å²) in [6.45, 7) is 1.35. The topological polar surface area (TPSA) is 61.6 Å². The lowest BCUT2D eigenvalue weighted by molar-refractivity contribution is -0.163. The van der Waals surface area contributed by atoms with Gasteiger partial charge in [-0.15, -0.1) is 0 Å². The summed E-state index contributed by atoms with van der Waals surface area (Å²) in [7, 11) is 0. The third-order valence-electron chi connectivity index (χ3n) is 6.18. The molecule has 0 saturated carbocycles. The summed E-state index contributed by atoms with van der Waals surface area (Å²) in [6.07, 6.45) is 6.35. The molecule has 2 N–H and O–H groups in total. The first-order valence-electron chi connectivity index (χ1n) is 10.4. The van der Waals surface area contributed by atoms with Gasteiger partial charge < -0.3 is 15.2 Å². The van der Waals surface area contributed by atoms with Crippen LogP contribution in [0.5, 0.6) is 0 Å². The van der Waals surface area contributed by atoms with Crippen LogP contribution in [-0.4, -0.2) is 25.4 Å². The van der Waals surface area contributed by atoms with E-state index in [0.717, 1.165) is 56.3 Å². The molecule has 0 bridgehead atoms. The molecule has 1 heterocycles. The van der Waals surface area contributed by atoms with Crippen molar-refractivity contribution in [3.05, 3.63) is 70.8 Å². The molecule has 4 nitrogen and oxygen atoms in total. The Labute approximate surface area is 167 Å². The molecule has 1 atom stereocenters. The Kier molecular flexibility index (Phi) is 5.79. The van der Waals surface area contributed by atoms with E-state index in [4.69, 9.17) is 15.2 Å². The normalized spacial score (nSPS) is 20.6. The Morgan fingerprint density at radius 3 is 2.25 bits per heavy atom. The number of ether oxygens (including phenoxy) is 2. The van der Waals surface area contributed by atoms with E-state index in [-0.39, 0.29) is 12.2 Å². The van der Waals surface area contributed by atoms with Crippen molar-refractivity contribution in [3.8, 4) is 0 Å². The molecular weight excluding hydrogens is 350 g/mol. The van der Waals surface area contributed by atoms with Crippen LogP contribution < -0.4 is 5.73 Å². The van der Waals surface area contributed by atoms with Crippen molar-refractivity contribution in [2.24, 2.45) is 5.73 Å². The first kappa shape index (κ1) is 19.2. The van der Waals surface area contributed by atoms with Crippen LogP contribution in [0.15, 0.2) is 48.5 Å². The second kappa shape index (κ2) is 8.46. The SMILES string of the molecule is NC(=O)C1(CCCOC2CCCCO2)c2ccccc2CCc2ccccc21. The molecule has 0 radical (unpaired) electrons. The number of fused-ring (bicyclic) bond motifs is 2. The highest BCUT2D eigenvalue weighted by molar-refractivity contribution is 5.92. The van der Waals surface area contributed by atoms with Crippen molar-refractivity contribution in [2.75, 3.05) is 13.2 Å². The molecule has 1 fully saturated rings. The van der Waals surface area contributed by atoms with Crippen LogP contribution in [0.3, 0.4) is 0 Å². The molecule has 1 aliphatic heterocycles. The summed E-state index contributed by atoms with van der Waals surface area (Å²) in [5, 5.41) is 0. The van der Waals surface area contributed by atoms with Gasteiger partial charge in [0.25, 0.3) is 0 Å². The van der Waals surface area contributed by atoms with Crippen molar-refractivity contribution in [2.45, 2.75) is 56.7 Å². The fourth-order valence-corrected chi connectivity index (χ4v) is 4.78. The molecule has 1 amide bonds. The zero-order valence-corrected chi connectivity index (χ0v) is 16.4. The Morgan fingerprint density at radius 1 is 1.04 bits per heavy atom. The molecule has 0 spiro atoms. The lowest BCUT2D eigenvalue weighted by Gasteiger charge is -2.34. The third kappa shape index (κ3) is 3.59. The quantitative estimate of drug-likeness (QED) is 0.775. The van der Waals surface area contributed by atoms with Crippen LogP contribution in [0.2, 0.25) is 0 Å². The van der Waals surface area contributed by atoms with Crippen molar-refractivity contribution >= 4 is 5.91 Å². The largest absolute Gasteiger partial charge is 0.369 e. The second-order valence-electron chi connectivity index (χ2n) is 7.85. The summed E-state index contributed by atoms with van der Waals surface area (Å²) >= 11 is 0. The van der Waals surface area contributed by atoms with Gasteiger partial charge in [0.1, 0.15) is 0 Å². The van der Waals surface area contributed by atoms with Gasteiger partial charge in [0.05, 0.1) is 5.41 Å². The van der Waals surface area contributed by atoms with E-state index in [1.165, 1.54) is 11.1 Å². The Balaban J connectivity index is 1.63. The lowest BCUT2D eigenvalue weighted by atomic mass is 9.69. The van der Waals surface area contributed by atoms with E-state index in [1.807, 2.05) is 24.3 Å². The van der Waals surface area contributed by atoms with E-state index in [2.05, 4.69) is 24.3 Å². The number of carbonyl (C=O) groups excluding carboxylic acids is 1. The number of rotatable bonds is 6. The number of amides is 1. The van der Waals surface area contributed by atoms with E-state index in [0.29, 0.717) is 13.0 Å². The van der Waals surface area contributed by atoms with Gasteiger partial charge in [-0.2, -0.15) is 0 Å². The standard InChI is InChI=1S/C24H29NO3/c25-23(26)24(15-7-17-28-22-12-5-6-16-27-22)20-10-3-1-8-18(20)13-14-19-9-2-4-11-21(19)24/h1-4,8-11,22H,5-7,12-17H2,(H2,25,26). The van der Waals surface area contributed by atoms with Crippen LogP contribution in [0.4, 0.5) is 0 Å². The molecule has 0 aromatic heterocycles. The molecule has 4 rings (SSSR count). The Hall–Kier alpha value is -2.17. The minimum absolute atomic E-state index is 0.105. The number of hydrogen-bond acceptors (Lipinski definition) is 3. The summed E-state index contributed by atoms with van der Waals surface area (Å²) in [4.78, 5) is 13.0. The summed E-state index contributed by atoms with van der Waals surface area (Å²) in [6, 6.07) is 16.5. The van der Waals surface area contributed by atoms with Crippen LogP contribution >= 0.6 is 0 Å². The van der Waals surface area contributed by atoms with Gasteiger partial charge in [-0.3, -0.25) is 4.79 Å². The maximum absolute atomic E-state index is 13.0. The average Bonchev–Trinajstić information content (AvgIpc) is 2.88. The predicted molar refractivity (Wildman–Crippen MR) is 109 cm³/mol. The summed E-state index contributed by atoms with van der Waals surface area (Å²) in [5.41, 5.74) is 9.86. The number of primary amides is 1. The first-order valence-corrected chi connectivity index (χ1v) is 10.4. The highest BCUT2D eigenvalue weighted by Gasteiger charge is 2.43. The van der Waals surface area contributed by atoms with Crippen LogP contribution in [0.1, 0.15) is 54.4 Å². The number of benzene rings is 2. The predicted octanol–water partition coefficient (Wildman–Crippen LogP) is 3.88. The molecule has 2 aromatic rings. The molecule has 1 saturated heterocycles. The number of aryl methyl sites for hydroxylation is 2. The Bertz CT molecular complexity index is 779. The third-order valence-corrected chi connectivity index (χ3v) is 6.18. The number of hydrogen-bond donors (Lipinski definition) is 1. The van der Waals surface area contributed by atoms with Gasteiger partial charge in [-0.1, -0.05) is 48.5 Å². The van der Waals surface area contributed by atoms with Gasteiger partial charge in [0, 0.05) is 13.2 Å². The fraction of sp³-hybridized carbons (Fsp3) is 0.458. The fourth-order valence-electron chi connectivity index (χ4n) is 4.78. The minimum Gasteiger partial charge on any atom is -0.369 e. The van der Waals surface area contributed by atoms with Crippen LogP contribution in [-0.2, 0) is 32.5 Å². The van der Waals surface area contributed by atoms with E-state index in [9.17, 15) is 4.79 Å². The molecule has 4 heteroatoms. The minimum atomic E-state index is -0.805. The molecule has 2 aromatic carbocycles. The zero-order chi connectivity index (χ0) is 19.4. The maximum Gasteiger partial charge on any atom is 0.232 e. The van der Waals surface area contributed by atoms with Gasteiger partial charge in [0.15, 0.2) is 6.29 Å². The molecular formula is C24H29NO3. The molecule has 2 aliphatic rings. The summed E-state index contributed by atoms with van der Waals surface area (Å²) in [5.74, 6) is -0.275. The molecule has 1 unspecified atom stereocenters. The first-order chi connectivity index (χ1) is 13.7. The summed E-state index contributed by atoms with van der Waals surface area (Å²) < 4.78 is 11.6. The maximum atomic E-state index is 13.0. The molecule has 148 valence electrons. The van der Waals surface area contributed by atoms with Crippen molar-refractivity contribution in [3.63, 3.8) is 0 Å². The van der Waals surface area contributed by atoms with Crippen molar-refractivity contribution in [1.29, 1.82) is 0 Å². The van der Waals surface area contributed by atoms with Gasteiger partial charge in [0.2, 0.25) is 5.91 Å².